The molecule has 1 amide bonds. The summed E-state index contributed by atoms with van der Waals surface area (Å²) in [4.78, 5) is 44.2. The van der Waals surface area contributed by atoms with Crippen molar-refractivity contribution in [1.82, 2.24) is 9.88 Å². The molecule has 1 atom stereocenters. The molecule has 0 fully saturated rings. The van der Waals surface area contributed by atoms with E-state index >= 15 is 0 Å². The minimum atomic E-state index is -1.06. The molecule has 0 radical (unpaired) electrons. The highest BCUT2D eigenvalue weighted by molar-refractivity contribution is 6.06. The summed E-state index contributed by atoms with van der Waals surface area (Å²) in [6, 6.07) is 11.7. The number of carbonyl (C=O) groups excluding carboxylic acids is 2. The largest absolute Gasteiger partial charge is 0.449 e. The van der Waals surface area contributed by atoms with Gasteiger partial charge in [-0.1, -0.05) is 38.1 Å². The van der Waals surface area contributed by atoms with Gasteiger partial charge in [0.25, 0.3) is 11.6 Å². The van der Waals surface area contributed by atoms with E-state index in [0.29, 0.717) is 34.3 Å². The van der Waals surface area contributed by atoms with Crippen LogP contribution in [0.25, 0.3) is 10.9 Å². The van der Waals surface area contributed by atoms with Crippen molar-refractivity contribution in [1.29, 1.82) is 0 Å². The maximum atomic E-state index is 13.5. The summed E-state index contributed by atoms with van der Waals surface area (Å²) >= 11 is 0. The molecule has 2 aromatic carbocycles. The van der Waals surface area contributed by atoms with Gasteiger partial charge < -0.3 is 10.1 Å². The van der Waals surface area contributed by atoms with Crippen LogP contribution < -0.4 is 5.32 Å². The highest BCUT2D eigenvalue weighted by atomic mass is 16.6. The van der Waals surface area contributed by atoms with Gasteiger partial charge in [0.1, 0.15) is 0 Å². The zero-order valence-corrected chi connectivity index (χ0v) is 20.0. The summed E-state index contributed by atoms with van der Waals surface area (Å²) in [6.45, 7) is 7.86. The number of fused-ring (bicyclic) bond motifs is 2. The van der Waals surface area contributed by atoms with E-state index in [1.54, 1.807) is 19.9 Å². The molecule has 0 spiro atoms. The number of nitro groups is 1. The number of nitrogens with one attached hydrogen (secondary N) is 1. The van der Waals surface area contributed by atoms with Gasteiger partial charge in [-0.2, -0.15) is 0 Å². The molecule has 1 aliphatic heterocycles. The molecule has 1 aliphatic rings. The SMILES string of the molecule is CCC(OC(=O)c1c2c(nc3ccccc13)CCN(CC)C2)C(=O)Nc1cc([N+](=O)[O-])ccc1C. The quantitative estimate of drug-likeness (QED) is 0.305. The number of hydrogen-bond donors (Lipinski definition) is 1. The van der Waals surface area contributed by atoms with Crippen molar-refractivity contribution in [3.8, 4) is 0 Å². The van der Waals surface area contributed by atoms with Gasteiger partial charge in [-0.05, 0) is 31.5 Å². The number of anilines is 1. The number of amides is 1. The lowest BCUT2D eigenvalue weighted by Crippen LogP contribution is -2.35. The van der Waals surface area contributed by atoms with E-state index in [1.165, 1.54) is 12.1 Å². The van der Waals surface area contributed by atoms with E-state index in [0.717, 1.165) is 30.8 Å². The molecule has 3 aromatic rings. The summed E-state index contributed by atoms with van der Waals surface area (Å²) in [5.74, 6) is -1.11. The number of nitrogens with zero attached hydrogens (tertiary/aromatic N) is 3. The third-order valence-corrected chi connectivity index (χ3v) is 6.38. The monoisotopic (exact) mass is 476 g/mol. The van der Waals surface area contributed by atoms with Crippen molar-refractivity contribution in [3.63, 3.8) is 0 Å². The highest BCUT2D eigenvalue weighted by Crippen LogP contribution is 2.29. The lowest BCUT2D eigenvalue weighted by molar-refractivity contribution is -0.384. The molecule has 0 saturated carbocycles. The maximum Gasteiger partial charge on any atom is 0.340 e. The summed E-state index contributed by atoms with van der Waals surface area (Å²) < 4.78 is 5.75. The fraction of sp³-hybridized carbons (Fsp3) is 0.346. The third-order valence-electron chi connectivity index (χ3n) is 6.38. The van der Waals surface area contributed by atoms with E-state index in [4.69, 9.17) is 9.72 Å². The molecule has 9 heteroatoms. The van der Waals surface area contributed by atoms with Gasteiger partial charge in [-0.15, -0.1) is 0 Å². The van der Waals surface area contributed by atoms with Crippen molar-refractivity contribution in [2.45, 2.75) is 46.3 Å². The van der Waals surface area contributed by atoms with Crippen LogP contribution in [-0.2, 0) is 22.5 Å². The molecule has 0 aliphatic carbocycles. The Morgan fingerprint density at radius 2 is 2.00 bits per heavy atom. The Balaban J connectivity index is 1.63. The van der Waals surface area contributed by atoms with Crippen LogP contribution in [0.2, 0.25) is 0 Å². The number of likely N-dealkylation sites (N-methyl/N-ethyl adjacent to an activating group) is 1. The van der Waals surface area contributed by atoms with E-state index in [9.17, 15) is 19.7 Å². The number of carbonyl (C=O) groups is 2. The average molecular weight is 477 g/mol. The predicted molar refractivity (Wildman–Crippen MR) is 132 cm³/mol. The van der Waals surface area contributed by atoms with Crippen LogP contribution in [0.15, 0.2) is 42.5 Å². The zero-order valence-electron chi connectivity index (χ0n) is 20.0. The standard InChI is InChI=1S/C26H28N4O5/c1-4-23(25(31)28-22-14-17(30(33)34)11-10-16(22)3)35-26(32)24-18-8-6-7-9-20(18)27-21-12-13-29(5-2)15-19(21)24/h6-11,14,23H,4-5,12-13,15H2,1-3H3,(H,28,31). The number of esters is 1. The Labute approximate surface area is 203 Å². The molecule has 35 heavy (non-hydrogen) atoms. The van der Waals surface area contributed by atoms with E-state index in [-0.39, 0.29) is 12.1 Å². The number of pyridine rings is 1. The summed E-state index contributed by atoms with van der Waals surface area (Å²) in [7, 11) is 0. The van der Waals surface area contributed by atoms with Gasteiger partial charge in [0.15, 0.2) is 6.10 Å². The molecule has 0 saturated heterocycles. The molecule has 4 rings (SSSR count). The van der Waals surface area contributed by atoms with Crippen LogP contribution in [0, 0.1) is 17.0 Å². The number of non-ortho nitro benzene ring substituents is 1. The van der Waals surface area contributed by atoms with Gasteiger partial charge in [-0.3, -0.25) is 24.8 Å². The first-order chi connectivity index (χ1) is 16.8. The zero-order chi connectivity index (χ0) is 25.1. The van der Waals surface area contributed by atoms with Crippen LogP contribution in [0.5, 0.6) is 0 Å². The molecule has 1 unspecified atom stereocenters. The highest BCUT2D eigenvalue weighted by Gasteiger charge is 2.29. The van der Waals surface area contributed by atoms with E-state index < -0.39 is 22.9 Å². The number of aromatic nitrogens is 1. The molecule has 0 bridgehead atoms. The molecule has 1 N–H and O–H groups in total. The Morgan fingerprint density at radius 1 is 1.23 bits per heavy atom. The van der Waals surface area contributed by atoms with Crippen molar-refractivity contribution in [2.24, 2.45) is 0 Å². The molecular formula is C26H28N4O5. The van der Waals surface area contributed by atoms with Gasteiger partial charge in [0, 0.05) is 48.3 Å². The van der Waals surface area contributed by atoms with Crippen molar-refractivity contribution < 1.29 is 19.2 Å². The fourth-order valence-electron chi connectivity index (χ4n) is 4.33. The Kier molecular flexibility index (Phi) is 7.07. The first-order valence-corrected chi connectivity index (χ1v) is 11.7. The predicted octanol–water partition coefficient (Wildman–Crippen LogP) is 4.40. The maximum absolute atomic E-state index is 13.5. The molecule has 2 heterocycles. The lowest BCUT2D eigenvalue weighted by Gasteiger charge is -2.29. The van der Waals surface area contributed by atoms with E-state index in [1.807, 2.05) is 24.3 Å². The molecule has 182 valence electrons. The lowest BCUT2D eigenvalue weighted by atomic mass is 9.95. The Morgan fingerprint density at radius 3 is 2.71 bits per heavy atom. The van der Waals surface area contributed by atoms with E-state index in [2.05, 4.69) is 17.1 Å². The second-order valence-corrected chi connectivity index (χ2v) is 8.60. The number of nitro benzene ring substituents is 1. The van der Waals surface area contributed by atoms with Crippen molar-refractivity contribution >= 4 is 34.2 Å². The molecular weight excluding hydrogens is 448 g/mol. The minimum absolute atomic E-state index is 0.133. The number of rotatable bonds is 7. The number of aryl methyl sites for hydroxylation is 1. The average Bonchev–Trinajstić information content (AvgIpc) is 2.86. The Hall–Kier alpha value is -3.85. The van der Waals surface area contributed by atoms with Gasteiger partial charge >= 0.3 is 5.97 Å². The minimum Gasteiger partial charge on any atom is -0.449 e. The van der Waals surface area contributed by atoms with Crippen molar-refractivity contribution in [3.05, 3.63) is 75.0 Å². The first kappa shape index (κ1) is 24.3. The molecule has 1 aromatic heterocycles. The van der Waals surface area contributed by atoms with Crippen LogP contribution in [-0.4, -0.2) is 45.9 Å². The van der Waals surface area contributed by atoms with Crippen LogP contribution >= 0.6 is 0 Å². The normalized spacial score (nSPS) is 14.3. The summed E-state index contributed by atoms with van der Waals surface area (Å²) in [6.07, 6.45) is -0.0785. The second-order valence-electron chi connectivity index (χ2n) is 8.60. The van der Waals surface area contributed by atoms with Crippen LogP contribution in [0.4, 0.5) is 11.4 Å². The Bertz CT molecular complexity index is 1310. The third kappa shape index (κ3) is 5.00. The number of ether oxygens (including phenoxy) is 1. The van der Waals surface area contributed by atoms with Crippen LogP contribution in [0.1, 0.15) is 47.4 Å². The summed E-state index contributed by atoms with van der Waals surface area (Å²) in [5.41, 5.74) is 3.72. The fourth-order valence-corrected chi connectivity index (χ4v) is 4.33. The number of para-hydroxylation sites is 1. The number of benzene rings is 2. The smallest absolute Gasteiger partial charge is 0.340 e. The van der Waals surface area contributed by atoms with Gasteiger partial charge in [0.05, 0.1) is 21.7 Å². The first-order valence-electron chi connectivity index (χ1n) is 11.7. The van der Waals surface area contributed by atoms with Gasteiger partial charge in [-0.25, -0.2) is 4.79 Å². The number of hydrogen-bond acceptors (Lipinski definition) is 7. The summed E-state index contributed by atoms with van der Waals surface area (Å²) in [5, 5.41) is 14.5. The second kappa shape index (κ2) is 10.2. The topological polar surface area (TPSA) is 115 Å². The molecule has 9 nitrogen and oxygen atoms in total. The van der Waals surface area contributed by atoms with Crippen LogP contribution in [0.3, 0.4) is 0 Å². The van der Waals surface area contributed by atoms with Crippen molar-refractivity contribution in [2.75, 3.05) is 18.4 Å². The van der Waals surface area contributed by atoms with Gasteiger partial charge in [0.2, 0.25) is 0 Å².